The van der Waals surface area contributed by atoms with Gasteiger partial charge in [0.1, 0.15) is 0 Å². The Balaban J connectivity index is 1.95. The predicted molar refractivity (Wildman–Crippen MR) is 134 cm³/mol. The number of para-hydroxylation sites is 1. The first kappa shape index (κ1) is 24.1. The fraction of sp³-hybridized carbons (Fsp3) is 0.148. The lowest BCUT2D eigenvalue weighted by Crippen LogP contribution is -2.35. The Morgan fingerprint density at radius 1 is 0.914 bits per heavy atom. The molecule has 0 aliphatic carbocycles. The van der Waals surface area contributed by atoms with Gasteiger partial charge in [0.05, 0.1) is 29.6 Å². The summed E-state index contributed by atoms with van der Waals surface area (Å²) >= 11 is 0. The van der Waals surface area contributed by atoms with Crippen LogP contribution >= 0.6 is 0 Å². The van der Waals surface area contributed by atoms with Gasteiger partial charge in [0.2, 0.25) is 0 Å². The number of nitrogens with one attached hydrogen (secondary N) is 1. The highest BCUT2D eigenvalue weighted by Crippen LogP contribution is 2.32. The van der Waals surface area contributed by atoms with Crippen molar-refractivity contribution >= 4 is 32.6 Å². The second kappa shape index (κ2) is 10.1. The van der Waals surface area contributed by atoms with Crippen LogP contribution in [-0.4, -0.2) is 38.6 Å². The number of benzene rings is 3. The molecule has 8 heteroatoms. The van der Waals surface area contributed by atoms with Crippen molar-refractivity contribution in [2.75, 3.05) is 13.4 Å². The van der Waals surface area contributed by atoms with E-state index in [9.17, 15) is 18.0 Å². The van der Waals surface area contributed by atoms with Gasteiger partial charge in [0.25, 0.3) is 5.91 Å². The Bertz CT molecular complexity index is 1490. The molecule has 1 amide bonds. The molecule has 4 aromatic rings. The number of nitrogens with zero attached hydrogens (tertiary/aromatic N) is 1. The van der Waals surface area contributed by atoms with Crippen molar-refractivity contribution in [3.63, 3.8) is 0 Å². The molecule has 0 saturated heterocycles. The normalized spacial score (nSPS) is 12.2. The van der Waals surface area contributed by atoms with Gasteiger partial charge in [-0.25, -0.2) is 18.2 Å². The van der Waals surface area contributed by atoms with Crippen molar-refractivity contribution in [2.45, 2.75) is 11.8 Å². The standard InChI is InChI=1S/C27H24N2O5S/c1-34-27(31)25(19-13-7-4-8-14-19)29-26(30)23-20-15-9-10-16-22(20)28-24(18-11-5-3-6-12-18)21(23)17-35(2,32)33/h3-16,25H,17H2,1-2H3,(H,29,30). The molecule has 0 spiro atoms. The van der Waals surface area contributed by atoms with Gasteiger partial charge in [0, 0.05) is 22.8 Å². The predicted octanol–water partition coefficient (Wildman–Crippen LogP) is 4.09. The third-order valence-corrected chi connectivity index (χ3v) is 6.33. The Labute approximate surface area is 203 Å². The molecule has 1 unspecified atom stereocenters. The maximum Gasteiger partial charge on any atom is 0.333 e. The molecule has 0 fully saturated rings. The van der Waals surface area contributed by atoms with Crippen molar-refractivity contribution in [1.82, 2.24) is 10.3 Å². The highest BCUT2D eigenvalue weighted by molar-refractivity contribution is 7.89. The smallest absolute Gasteiger partial charge is 0.333 e. The minimum atomic E-state index is -3.55. The molecule has 0 saturated carbocycles. The molecule has 1 N–H and O–H groups in total. The number of methoxy groups -OCH3 is 1. The lowest BCUT2D eigenvalue weighted by Gasteiger charge is -2.20. The number of rotatable bonds is 7. The third-order valence-electron chi connectivity index (χ3n) is 5.52. The first-order valence-electron chi connectivity index (χ1n) is 10.9. The molecule has 7 nitrogen and oxygen atoms in total. The fourth-order valence-corrected chi connectivity index (χ4v) is 4.80. The van der Waals surface area contributed by atoms with Crippen LogP contribution in [0.5, 0.6) is 0 Å². The fourth-order valence-electron chi connectivity index (χ4n) is 3.99. The van der Waals surface area contributed by atoms with Crippen LogP contribution < -0.4 is 5.32 Å². The minimum Gasteiger partial charge on any atom is -0.467 e. The molecule has 0 aliphatic rings. The van der Waals surface area contributed by atoms with E-state index >= 15 is 0 Å². The summed E-state index contributed by atoms with van der Waals surface area (Å²) < 4.78 is 29.9. The zero-order valence-electron chi connectivity index (χ0n) is 19.3. The second-order valence-corrected chi connectivity index (χ2v) is 10.2. The summed E-state index contributed by atoms with van der Waals surface area (Å²) in [5.41, 5.74) is 2.58. The van der Waals surface area contributed by atoms with Crippen molar-refractivity contribution in [1.29, 1.82) is 0 Å². The number of carbonyl (C=O) groups excluding carboxylic acids is 2. The molecule has 35 heavy (non-hydrogen) atoms. The molecule has 1 aromatic heterocycles. The minimum absolute atomic E-state index is 0.157. The molecule has 1 heterocycles. The Kier molecular flexibility index (Phi) is 6.93. The lowest BCUT2D eigenvalue weighted by atomic mass is 9.96. The quantitative estimate of drug-likeness (QED) is 0.393. The first-order valence-corrected chi connectivity index (χ1v) is 12.9. The van der Waals surface area contributed by atoms with Crippen LogP contribution in [0.2, 0.25) is 0 Å². The van der Waals surface area contributed by atoms with E-state index in [-0.39, 0.29) is 11.1 Å². The summed E-state index contributed by atoms with van der Waals surface area (Å²) in [5.74, 6) is -1.64. The highest BCUT2D eigenvalue weighted by Gasteiger charge is 2.29. The van der Waals surface area contributed by atoms with Gasteiger partial charge in [-0.2, -0.15) is 0 Å². The van der Waals surface area contributed by atoms with E-state index in [4.69, 9.17) is 9.72 Å². The van der Waals surface area contributed by atoms with E-state index < -0.39 is 33.5 Å². The lowest BCUT2D eigenvalue weighted by molar-refractivity contribution is -0.143. The second-order valence-electron chi connectivity index (χ2n) is 8.11. The van der Waals surface area contributed by atoms with Gasteiger partial charge >= 0.3 is 5.97 Å². The molecule has 178 valence electrons. The van der Waals surface area contributed by atoms with Crippen molar-refractivity contribution in [3.05, 3.63) is 102 Å². The van der Waals surface area contributed by atoms with Crippen LogP contribution in [0, 0.1) is 0 Å². The maximum absolute atomic E-state index is 13.8. The van der Waals surface area contributed by atoms with Gasteiger partial charge in [-0.15, -0.1) is 0 Å². The van der Waals surface area contributed by atoms with Crippen LogP contribution in [0.3, 0.4) is 0 Å². The van der Waals surface area contributed by atoms with Gasteiger partial charge in [-0.3, -0.25) is 4.79 Å². The summed E-state index contributed by atoms with van der Waals surface area (Å²) in [6, 6.07) is 23.8. The van der Waals surface area contributed by atoms with Crippen molar-refractivity contribution in [2.24, 2.45) is 0 Å². The summed E-state index contributed by atoms with van der Waals surface area (Å²) in [6.45, 7) is 0. The van der Waals surface area contributed by atoms with E-state index in [2.05, 4.69) is 5.32 Å². The number of ether oxygens (including phenoxy) is 1. The zero-order chi connectivity index (χ0) is 25.0. The SMILES string of the molecule is COC(=O)C(NC(=O)c1c(CS(C)(=O)=O)c(-c2ccccc2)nc2ccccc12)c1ccccc1. The Hall–Kier alpha value is -4.04. The molecule has 0 radical (unpaired) electrons. The number of esters is 1. The number of amides is 1. The van der Waals surface area contributed by atoms with E-state index in [1.807, 2.05) is 30.3 Å². The zero-order valence-corrected chi connectivity index (χ0v) is 20.1. The third kappa shape index (κ3) is 5.38. The van der Waals surface area contributed by atoms with Crippen LogP contribution in [0.4, 0.5) is 0 Å². The number of pyridine rings is 1. The van der Waals surface area contributed by atoms with Crippen LogP contribution in [-0.2, 0) is 25.1 Å². The van der Waals surface area contributed by atoms with Gasteiger partial charge in [0.15, 0.2) is 15.9 Å². The van der Waals surface area contributed by atoms with Crippen molar-refractivity contribution < 1.29 is 22.7 Å². The monoisotopic (exact) mass is 488 g/mol. The van der Waals surface area contributed by atoms with Gasteiger partial charge < -0.3 is 10.1 Å². The van der Waals surface area contributed by atoms with E-state index in [0.717, 1.165) is 6.26 Å². The number of hydrogen-bond donors (Lipinski definition) is 1. The first-order chi connectivity index (χ1) is 16.8. The largest absolute Gasteiger partial charge is 0.467 e. The molecule has 0 aliphatic heterocycles. The number of hydrogen-bond acceptors (Lipinski definition) is 6. The Morgan fingerprint density at radius 2 is 1.51 bits per heavy atom. The highest BCUT2D eigenvalue weighted by atomic mass is 32.2. The molecule has 0 bridgehead atoms. The molecule has 1 atom stereocenters. The summed E-state index contributed by atoms with van der Waals surface area (Å²) in [7, 11) is -2.30. The van der Waals surface area contributed by atoms with Crippen molar-refractivity contribution in [3.8, 4) is 11.3 Å². The van der Waals surface area contributed by atoms with Crippen LogP contribution in [0.15, 0.2) is 84.9 Å². The topological polar surface area (TPSA) is 102 Å². The van der Waals surface area contributed by atoms with E-state index in [0.29, 0.717) is 27.7 Å². The van der Waals surface area contributed by atoms with Crippen LogP contribution in [0.25, 0.3) is 22.2 Å². The average molecular weight is 489 g/mol. The molecule has 4 rings (SSSR count). The summed E-state index contributed by atoms with van der Waals surface area (Å²) in [5, 5.41) is 3.25. The number of fused-ring (bicyclic) bond motifs is 1. The average Bonchev–Trinajstić information content (AvgIpc) is 2.86. The van der Waals surface area contributed by atoms with E-state index in [1.165, 1.54) is 7.11 Å². The van der Waals surface area contributed by atoms with Gasteiger partial charge in [-0.05, 0) is 11.6 Å². The van der Waals surface area contributed by atoms with Gasteiger partial charge in [-0.1, -0.05) is 78.9 Å². The number of aromatic nitrogens is 1. The number of sulfone groups is 1. The van der Waals surface area contributed by atoms with Crippen LogP contribution in [0.1, 0.15) is 27.5 Å². The molecular formula is C27H24N2O5S. The summed E-state index contributed by atoms with van der Waals surface area (Å²) in [6.07, 6.45) is 1.11. The molecular weight excluding hydrogens is 464 g/mol. The summed E-state index contributed by atoms with van der Waals surface area (Å²) in [4.78, 5) is 31.1. The molecule has 3 aromatic carbocycles. The Morgan fingerprint density at radius 3 is 2.14 bits per heavy atom. The van der Waals surface area contributed by atoms with E-state index in [1.54, 1.807) is 54.6 Å². The number of carbonyl (C=O) groups is 2. The maximum atomic E-state index is 13.8.